The zero-order chi connectivity index (χ0) is 19.2. The highest BCUT2D eigenvalue weighted by Gasteiger charge is 2.22. The largest absolute Gasteiger partial charge is 0.480 e. The van der Waals surface area contributed by atoms with Gasteiger partial charge in [0.15, 0.2) is 0 Å². The van der Waals surface area contributed by atoms with E-state index in [1.165, 1.54) is 0 Å². The molecule has 0 radical (unpaired) electrons. The van der Waals surface area contributed by atoms with Gasteiger partial charge in [0, 0.05) is 16.5 Å². The lowest BCUT2D eigenvalue weighted by molar-refractivity contribution is -0.139. The van der Waals surface area contributed by atoms with E-state index in [9.17, 15) is 14.7 Å². The first kappa shape index (κ1) is 18.9. The number of hydrogen-bond acceptors (Lipinski definition) is 2. The highest BCUT2D eigenvalue weighted by Crippen LogP contribution is 2.20. The summed E-state index contributed by atoms with van der Waals surface area (Å²) in [6.07, 6.45) is 0.199. The van der Waals surface area contributed by atoms with Crippen LogP contribution < -0.4 is 5.32 Å². The van der Waals surface area contributed by atoms with Gasteiger partial charge in [-0.3, -0.25) is 4.79 Å². The first-order chi connectivity index (χ1) is 13.0. The van der Waals surface area contributed by atoms with E-state index in [1.54, 1.807) is 12.1 Å². The van der Waals surface area contributed by atoms with Gasteiger partial charge in [0.1, 0.15) is 6.04 Å². The first-order valence-corrected chi connectivity index (χ1v) is 9.26. The van der Waals surface area contributed by atoms with Gasteiger partial charge in [-0.25, -0.2) is 4.79 Å². The number of carboxylic acid groups (broad SMARTS) is 1. The van der Waals surface area contributed by atoms with Crippen LogP contribution in [0.25, 0.3) is 11.1 Å². The van der Waals surface area contributed by atoms with Crippen LogP contribution in [-0.2, 0) is 11.2 Å². The molecule has 1 atom stereocenters. The number of aliphatic carboxylic acids is 1. The third-order valence-corrected chi connectivity index (χ3v) is 5.01. The van der Waals surface area contributed by atoms with Crippen molar-refractivity contribution in [2.75, 3.05) is 0 Å². The van der Waals surface area contributed by atoms with E-state index in [0.717, 1.165) is 21.2 Å². The Kier molecular flexibility index (Phi) is 6.04. The Labute approximate surface area is 166 Å². The van der Waals surface area contributed by atoms with E-state index in [1.807, 2.05) is 66.7 Å². The number of carbonyl (C=O) groups is 2. The third-order valence-electron chi connectivity index (χ3n) is 4.24. The monoisotopic (exact) mass is 423 g/mol. The summed E-state index contributed by atoms with van der Waals surface area (Å²) in [6, 6.07) is 23.3. The van der Waals surface area contributed by atoms with Gasteiger partial charge in [0.05, 0.1) is 0 Å². The van der Waals surface area contributed by atoms with Gasteiger partial charge in [0.25, 0.3) is 5.91 Å². The molecule has 0 saturated carbocycles. The van der Waals surface area contributed by atoms with E-state index in [-0.39, 0.29) is 6.42 Å². The second-order valence-electron chi connectivity index (χ2n) is 6.10. The van der Waals surface area contributed by atoms with E-state index >= 15 is 0 Å². The molecule has 0 aromatic heterocycles. The van der Waals surface area contributed by atoms with Crippen LogP contribution in [0.2, 0.25) is 0 Å². The number of benzene rings is 3. The van der Waals surface area contributed by atoms with Crippen molar-refractivity contribution in [1.82, 2.24) is 5.32 Å². The fraction of sp³-hybridized carbons (Fsp3) is 0.0909. The first-order valence-electron chi connectivity index (χ1n) is 8.47. The van der Waals surface area contributed by atoms with Crippen LogP contribution in [0.15, 0.2) is 83.3 Å². The molecule has 27 heavy (non-hydrogen) atoms. The van der Waals surface area contributed by atoms with Crippen molar-refractivity contribution in [3.05, 3.63) is 94.5 Å². The predicted octanol–water partition coefficient (Wildman–Crippen LogP) is 4.54. The van der Waals surface area contributed by atoms with Crippen LogP contribution in [0, 0.1) is 0 Å². The molecule has 4 nitrogen and oxygen atoms in total. The lowest BCUT2D eigenvalue weighted by atomic mass is 10.0. The second kappa shape index (κ2) is 8.64. The summed E-state index contributed by atoms with van der Waals surface area (Å²) in [4.78, 5) is 24.1. The third kappa shape index (κ3) is 4.83. The number of rotatable bonds is 6. The molecular formula is C22H18BrNO3. The summed E-state index contributed by atoms with van der Waals surface area (Å²) in [5.74, 6) is -1.48. The molecule has 2 N–H and O–H groups in total. The number of nitrogens with one attached hydrogen (secondary N) is 1. The van der Waals surface area contributed by atoms with Gasteiger partial charge in [-0.15, -0.1) is 0 Å². The number of halogens is 1. The maximum Gasteiger partial charge on any atom is 0.326 e. The molecule has 3 aromatic rings. The van der Waals surface area contributed by atoms with Crippen molar-refractivity contribution in [2.24, 2.45) is 0 Å². The Balaban J connectivity index is 1.72. The molecule has 0 aliphatic rings. The van der Waals surface area contributed by atoms with Crippen molar-refractivity contribution < 1.29 is 14.7 Å². The smallest absolute Gasteiger partial charge is 0.326 e. The van der Waals surface area contributed by atoms with Crippen molar-refractivity contribution in [1.29, 1.82) is 0 Å². The summed E-state index contributed by atoms with van der Waals surface area (Å²) in [6.45, 7) is 0. The van der Waals surface area contributed by atoms with Gasteiger partial charge in [-0.1, -0.05) is 76.6 Å². The zero-order valence-corrected chi connectivity index (χ0v) is 16.0. The molecule has 1 amide bonds. The molecule has 136 valence electrons. The normalized spacial score (nSPS) is 11.6. The Morgan fingerprint density at radius 1 is 0.852 bits per heavy atom. The summed E-state index contributed by atoms with van der Waals surface area (Å²) < 4.78 is 0.817. The molecule has 0 fully saturated rings. The Morgan fingerprint density at radius 2 is 1.44 bits per heavy atom. The number of hydrogen-bond donors (Lipinski definition) is 2. The van der Waals surface area contributed by atoms with Crippen LogP contribution in [0.1, 0.15) is 15.9 Å². The van der Waals surface area contributed by atoms with E-state index < -0.39 is 17.9 Å². The average Bonchev–Trinajstić information content (AvgIpc) is 2.69. The van der Waals surface area contributed by atoms with Crippen LogP contribution in [0.4, 0.5) is 0 Å². The fourth-order valence-electron chi connectivity index (χ4n) is 2.77. The van der Waals surface area contributed by atoms with Crippen molar-refractivity contribution in [3.63, 3.8) is 0 Å². The van der Waals surface area contributed by atoms with Crippen LogP contribution >= 0.6 is 15.9 Å². The molecule has 0 spiro atoms. The molecular weight excluding hydrogens is 406 g/mol. The number of amides is 1. The van der Waals surface area contributed by atoms with Crippen LogP contribution in [-0.4, -0.2) is 23.0 Å². The minimum absolute atomic E-state index is 0.199. The van der Waals surface area contributed by atoms with E-state index in [2.05, 4.69) is 21.2 Å². The number of carbonyl (C=O) groups excluding carboxylic acids is 1. The predicted molar refractivity (Wildman–Crippen MR) is 109 cm³/mol. The molecule has 5 heteroatoms. The molecule has 0 unspecified atom stereocenters. The van der Waals surface area contributed by atoms with Gasteiger partial charge >= 0.3 is 5.97 Å². The van der Waals surface area contributed by atoms with Crippen molar-refractivity contribution in [3.8, 4) is 11.1 Å². The summed E-state index contributed by atoms with van der Waals surface area (Å²) in [5.41, 5.74) is 3.30. The average molecular weight is 424 g/mol. The van der Waals surface area contributed by atoms with Gasteiger partial charge in [0.2, 0.25) is 0 Å². The zero-order valence-electron chi connectivity index (χ0n) is 14.4. The van der Waals surface area contributed by atoms with E-state index in [0.29, 0.717) is 5.56 Å². The quantitative estimate of drug-likeness (QED) is 0.611. The Hall–Kier alpha value is -2.92. The standard InChI is InChI=1S/C22H18BrNO3/c23-19-9-5-4-8-18(19)14-20(22(26)27)24-21(25)17-12-10-16(11-13-17)15-6-2-1-3-7-15/h1-13,20H,14H2,(H,24,25)(H,26,27)/t20-/m0/s1. The van der Waals surface area contributed by atoms with Gasteiger partial charge < -0.3 is 10.4 Å². The minimum atomic E-state index is -1.07. The van der Waals surface area contributed by atoms with Crippen molar-refractivity contribution >= 4 is 27.8 Å². The van der Waals surface area contributed by atoms with Crippen LogP contribution in [0.5, 0.6) is 0 Å². The minimum Gasteiger partial charge on any atom is -0.480 e. The highest BCUT2D eigenvalue weighted by molar-refractivity contribution is 9.10. The van der Waals surface area contributed by atoms with Crippen molar-refractivity contribution in [2.45, 2.75) is 12.5 Å². The molecule has 0 aliphatic carbocycles. The summed E-state index contributed by atoms with van der Waals surface area (Å²) >= 11 is 3.41. The molecule has 0 saturated heterocycles. The molecule has 3 aromatic carbocycles. The Morgan fingerprint density at radius 3 is 2.07 bits per heavy atom. The Bertz CT molecular complexity index is 939. The summed E-state index contributed by atoms with van der Waals surface area (Å²) in [7, 11) is 0. The topological polar surface area (TPSA) is 66.4 Å². The molecule has 3 rings (SSSR count). The molecule has 0 aliphatic heterocycles. The summed E-state index contributed by atoms with van der Waals surface area (Å²) in [5, 5.41) is 12.1. The SMILES string of the molecule is O=C(N[C@@H](Cc1ccccc1Br)C(=O)O)c1ccc(-c2ccccc2)cc1. The molecule has 0 heterocycles. The maximum absolute atomic E-state index is 12.5. The lowest BCUT2D eigenvalue weighted by Crippen LogP contribution is -2.42. The lowest BCUT2D eigenvalue weighted by Gasteiger charge is -2.15. The number of carboxylic acids is 1. The maximum atomic E-state index is 12.5. The fourth-order valence-corrected chi connectivity index (χ4v) is 3.22. The second-order valence-corrected chi connectivity index (χ2v) is 6.96. The van der Waals surface area contributed by atoms with Gasteiger partial charge in [-0.05, 0) is 34.9 Å². The van der Waals surface area contributed by atoms with Gasteiger partial charge in [-0.2, -0.15) is 0 Å². The van der Waals surface area contributed by atoms with E-state index in [4.69, 9.17) is 0 Å². The van der Waals surface area contributed by atoms with Crippen LogP contribution in [0.3, 0.4) is 0 Å². The molecule has 0 bridgehead atoms. The highest BCUT2D eigenvalue weighted by atomic mass is 79.9.